The number of rotatable bonds is 16. The molecule has 0 fully saturated rings. The fourth-order valence-electron chi connectivity index (χ4n) is 2.13. The third-order valence-corrected chi connectivity index (χ3v) is 6.75. The average Bonchev–Trinajstić information content (AvgIpc) is 2.49. The van der Waals surface area contributed by atoms with Crippen LogP contribution in [0, 0.1) is 0 Å². The maximum Gasteiger partial charge on any atom is -0.000968 e. The normalized spacial score (nSPS) is 12.3. The minimum atomic E-state index is 0.786. The Balaban J connectivity index is 3.89. The van der Waals surface area contributed by atoms with Gasteiger partial charge in [-0.2, -0.15) is 23.5 Å². The molecule has 0 saturated heterocycles. The van der Waals surface area contributed by atoms with Crippen LogP contribution in [0.5, 0.6) is 0 Å². The first kappa shape index (κ1) is 22.8. The van der Waals surface area contributed by atoms with Crippen molar-refractivity contribution in [1.82, 2.24) is 0 Å². The molecule has 0 rings (SSSR count). The van der Waals surface area contributed by atoms with Gasteiger partial charge in [-0.1, -0.05) is 53.0 Å². The first-order valence-electron chi connectivity index (χ1n) is 9.21. The Hall–Kier alpha value is 0.790. The summed E-state index contributed by atoms with van der Waals surface area (Å²) in [5.41, 5.74) is 0. The van der Waals surface area contributed by atoms with E-state index in [1.807, 2.05) is 0 Å². The van der Waals surface area contributed by atoms with Crippen LogP contribution in [0.15, 0.2) is 11.0 Å². The van der Waals surface area contributed by atoms with Crippen LogP contribution in [-0.4, -0.2) is 28.3 Å². The molecule has 0 aliphatic heterocycles. The molecule has 0 radical (unpaired) electrons. The van der Waals surface area contributed by atoms with Crippen molar-refractivity contribution in [2.24, 2.45) is 0 Å². The van der Waals surface area contributed by atoms with E-state index in [1.54, 1.807) is 4.91 Å². The second-order valence-corrected chi connectivity index (χ2v) is 10.2. The molecule has 0 aliphatic carbocycles. The van der Waals surface area contributed by atoms with Crippen LogP contribution in [0.4, 0.5) is 0 Å². The molecule has 0 nitrogen and oxygen atoms in total. The standard InChI is InChI=1S/C19H38S3/c1-5-7-8-10-17-22-19(14-12-15-20-6-2)13-9-11-16-21-18(3)4/h14,18H,5-13,15-17H2,1-4H3. The van der Waals surface area contributed by atoms with Gasteiger partial charge in [0.15, 0.2) is 0 Å². The molecule has 3 heteroatoms. The summed E-state index contributed by atoms with van der Waals surface area (Å²) in [4.78, 5) is 1.67. The summed E-state index contributed by atoms with van der Waals surface area (Å²) in [6.07, 6.45) is 13.4. The highest BCUT2D eigenvalue weighted by Crippen LogP contribution is 2.25. The zero-order valence-corrected chi connectivity index (χ0v) is 17.8. The Morgan fingerprint density at radius 2 is 1.68 bits per heavy atom. The van der Waals surface area contributed by atoms with Crippen molar-refractivity contribution < 1.29 is 0 Å². The summed E-state index contributed by atoms with van der Waals surface area (Å²) >= 11 is 6.31. The molecule has 0 bridgehead atoms. The van der Waals surface area contributed by atoms with E-state index in [9.17, 15) is 0 Å². The van der Waals surface area contributed by atoms with Crippen molar-refractivity contribution in [2.45, 2.75) is 84.3 Å². The smallest absolute Gasteiger partial charge is 0.000968 e. The predicted molar refractivity (Wildman–Crippen MR) is 114 cm³/mol. The summed E-state index contributed by atoms with van der Waals surface area (Å²) in [7, 11) is 0. The third kappa shape index (κ3) is 17.1. The van der Waals surface area contributed by atoms with Gasteiger partial charge in [-0.3, -0.25) is 0 Å². The molecule has 22 heavy (non-hydrogen) atoms. The monoisotopic (exact) mass is 362 g/mol. The van der Waals surface area contributed by atoms with Crippen LogP contribution in [-0.2, 0) is 0 Å². The first-order valence-corrected chi connectivity index (χ1v) is 12.4. The lowest BCUT2D eigenvalue weighted by atomic mass is 10.2. The Kier molecular flexibility index (Phi) is 18.8. The van der Waals surface area contributed by atoms with Crippen LogP contribution in [0.25, 0.3) is 0 Å². The Morgan fingerprint density at radius 1 is 0.909 bits per heavy atom. The van der Waals surface area contributed by atoms with E-state index in [0.717, 1.165) is 5.25 Å². The molecule has 0 unspecified atom stereocenters. The highest BCUT2D eigenvalue weighted by molar-refractivity contribution is 8.03. The number of hydrogen-bond donors (Lipinski definition) is 0. The maximum atomic E-state index is 2.53. The molecule has 0 amide bonds. The molecule has 0 aromatic rings. The summed E-state index contributed by atoms with van der Waals surface area (Å²) in [6, 6.07) is 0. The molecule has 0 aromatic carbocycles. The van der Waals surface area contributed by atoms with Gasteiger partial charge < -0.3 is 0 Å². The molecule has 132 valence electrons. The van der Waals surface area contributed by atoms with Crippen LogP contribution in [0.1, 0.15) is 79.1 Å². The average molecular weight is 363 g/mol. The van der Waals surface area contributed by atoms with Gasteiger partial charge >= 0.3 is 0 Å². The van der Waals surface area contributed by atoms with E-state index in [0.29, 0.717) is 0 Å². The SMILES string of the molecule is CCCCCCSC(=CCCSCC)CCCCSC(C)C. The van der Waals surface area contributed by atoms with E-state index in [4.69, 9.17) is 0 Å². The second kappa shape index (κ2) is 18.1. The molecule has 0 heterocycles. The van der Waals surface area contributed by atoms with Gasteiger partial charge in [0.25, 0.3) is 0 Å². The fraction of sp³-hybridized carbons (Fsp3) is 0.895. The fourth-order valence-corrected chi connectivity index (χ4v) is 4.68. The van der Waals surface area contributed by atoms with Gasteiger partial charge in [0, 0.05) is 0 Å². The van der Waals surface area contributed by atoms with E-state index < -0.39 is 0 Å². The van der Waals surface area contributed by atoms with Gasteiger partial charge in [0.1, 0.15) is 0 Å². The zero-order chi connectivity index (χ0) is 16.5. The molecule has 0 N–H and O–H groups in total. The third-order valence-electron chi connectivity index (χ3n) is 3.39. The Bertz CT molecular complexity index is 249. The van der Waals surface area contributed by atoms with Crippen LogP contribution in [0.3, 0.4) is 0 Å². The van der Waals surface area contributed by atoms with Crippen molar-refractivity contribution in [3.8, 4) is 0 Å². The summed E-state index contributed by atoms with van der Waals surface area (Å²) in [5, 5.41) is 0.786. The zero-order valence-electron chi connectivity index (χ0n) is 15.4. The summed E-state index contributed by atoms with van der Waals surface area (Å²) in [6.45, 7) is 9.14. The molecule has 0 atom stereocenters. The first-order chi connectivity index (χ1) is 10.7. The number of thioether (sulfide) groups is 3. The molecule has 0 aliphatic rings. The summed E-state index contributed by atoms with van der Waals surface area (Å²) < 4.78 is 0. The maximum absolute atomic E-state index is 2.53. The predicted octanol–water partition coefficient (Wildman–Crippen LogP) is 7.64. The van der Waals surface area contributed by atoms with E-state index in [-0.39, 0.29) is 0 Å². The Morgan fingerprint density at radius 3 is 2.36 bits per heavy atom. The van der Waals surface area contributed by atoms with Crippen LogP contribution in [0.2, 0.25) is 0 Å². The van der Waals surface area contributed by atoms with Gasteiger partial charge in [0.05, 0.1) is 0 Å². The minimum Gasteiger partial charge on any atom is -0.162 e. The van der Waals surface area contributed by atoms with Gasteiger partial charge in [0.2, 0.25) is 0 Å². The van der Waals surface area contributed by atoms with Crippen molar-refractivity contribution in [3.63, 3.8) is 0 Å². The van der Waals surface area contributed by atoms with Crippen LogP contribution >= 0.6 is 35.3 Å². The van der Waals surface area contributed by atoms with Crippen molar-refractivity contribution in [2.75, 3.05) is 23.0 Å². The molecular formula is C19H38S3. The lowest BCUT2D eigenvalue weighted by molar-refractivity contribution is 0.706. The van der Waals surface area contributed by atoms with Gasteiger partial charge in [-0.05, 0) is 65.3 Å². The highest BCUT2D eigenvalue weighted by Gasteiger charge is 2.01. The van der Waals surface area contributed by atoms with Crippen molar-refractivity contribution in [1.29, 1.82) is 0 Å². The molecular weight excluding hydrogens is 324 g/mol. The second-order valence-electron chi connectivity index (χ2n) is 5.94. The van der Waals surface area contributed by atoms with E-state index in [2.05, 4.69) is 69.1 Å². The summed E-state index contributed by atoms with van der Waals surface area (Å²) in [5.74, 6) is 5.20. The number of unbranched alkanes of at least 4 members (excludes halogenated alkanes) is 4. The van der Waals surface area contributed by atoms with Crippen LogP contribution < -0.4 is 0 Å². The minimum absolute atomic E-state index is 0.786. The van der Waals surface area contributed by atoms with Gasteiger partial charge in [-0.15, -0.1) is 11.8 Å². The lowest BCUT2D eigenvalue weighted by Crippen LogP contribution is -1.91. The quantitative estimate of drug-likeness (QED) is 0.259. The molecule has 0 spiro atoms. The molecule has 0 aromatic heterocycles. The van der Waals surface area contributed by atoms with E-state index >= 15 is 0 Å². The highest BCUT2D eigenvalue weighted by atomic mass is 32.2. The topological polar surface area (TPSA) is 0 Å². The number of allylic oxidation sites excluding steroid dienone is 2. The Labute approximate surface area is 153 Å². The van der Waals surface area contributed by atoms with Gasteiger partial charge in [-0.25, -0.2) is 0 Å². The lowest BCUT2D eigenvalue weighted by Gasteiger charge is -2.09. The molecule has 0 saturated carbocycles. The van der Waals surface area contributed by atoms with Crippen molar-refractivity contribution >= 4 is 35.3 Å². The van der Waals surface area contributed by atoms with E-state index in [1.165, 1.54) is 74.4 Å². The van der Waals surface area contributed by atoms with Crippen molar-refractivity contribution in [3.05, 3.63) is 11.0 Å². The number of hydrogen-bond acceptors (Lipinski definition) is 3. The largest absolute Gasteiger partial charge is 0.162 e.